The van der Waals surface area contributed by atoms with E-state index in [0.29, 0.717) is 49.2 Å². The summed E-state index contributed by atoms with van der Waals surface area (Å²) in [6, 6.07) is 17.4. The number of rotatable bonds is 5. The van der Waals surface area contributed by atoms with Crippen LogP contribution in [0.2, 0.25) is 5.02 Å². The molecular formula is C25H25ClN4O2. The van der Waals surface area contributed by atoms with Crippen LogP contribution in [0.5, 0.6) is 0 Å². The van der Waals surface area contributed by atoms with Crippen LogP contribution in [0.3, 0.4) is 0 Å². The molecule has 0 spiro atoms. The van der Waals surface area contributed by atoms with Crippen LogP contribution in [0.4, 0.5) is 5.82 Å². The number of nitrogens with one attached hydrogen (secondary N) is 1. The molecule has 3 aromatic rings. The van der Waals surface area contributed by atoms with E-state index in [4.69, 9.17) is 16.6 Å². The highest BCUT2D eigenvalue weighted by molar-refractivity contribution is 6.30. The van der Waals surface area contributed by atoms with Gasteiger partial charge in [-0.1, -0.05) is 41.9 Å². The number of nitrogens with zero attached hydrogens (tertiary/aromatic N) is 3. The summed E-state index contributed by atoms with van der Waals surface area (Å²) in [5.41, 5.74) is 2.40. The van der Waals surface area contributed by atoms with E-state index >= 15 is 0 Å². The van der Waals surface area contributed by atoms with Crippen molar-refractivity contribution in [2.24, 2.45) is 0 Å². The molecule has 2 aromatic carbocycles. The van der Waals surface area contributed by atoms with Crippen LogP contribution in [0.25, 0.3) is 10.9 Å². The Bertz CT molecular complexity index is 1170. The highest BCUT2D eigenvalue weighted by Crippen LogP contribution is 2.26. The van der Waals surface area contributed by atoms with Crippen molar-refractivity contribution in [3.8, 4) is 0 Å². The van der Waals surface area contributed by atoms with Gasteiger partial charge in [0.05, 0.1) is 17.5 Å². The molecule has 1 saturated carbocycles. The van der Waals surface area contributed by atoms with Gasteiger partial charge in [-0.25, -0.2) is 4.98 Å². The standard InChI is InChI=1S/C25H25ClN4O2/c26-18-5-3-4-17(14-18)15-24(31)30-12-10-29(11-13-30)23-16-21(25(32)27-19-8-9-19)20-6-1-2-7-22(20)28-23/h1-7,14,16,19H,8-13,15H2,(H,27,32). The molecule has 0 atom stereocenters. The number of fused-ring (bicyclic) bond motifs is 1. The van der Waals surface area contributed by atoms with Gasteiger partial charge in [-0.05, 0) is 42.7 Å². The van der Waals surface area contributed by atoms with E-state index in [9.17, 15) is 9.59 Å². The Labute approximate surface area is 192 Å². The summed E-state index contributed by atoms with van der Waals surface area (Å²) in [6.07, 6.45) is 2.44. The Balaban J connectivity index is 1.30. The van der Waals surface area contributed by atoms with Crippen LogP contribution in [-0.2, 0) is 11.2 Å². The molecule has 1 N–H and O–H groups in total. The molecule has 6 nitrogen and oxygen atoms in total. The van der Waals surface area contributed by atoms with Gasteiger partial charge >= 0.3 is 0 Å². The zero-order valence-electron chi connectivity index (χ0n) is 17.8. The first-order valence-corrected chi connectivity index (χ1v) is 11.4. The number of aromatic nitrogens is 1. The zero-order chi connectivity index (χ0) is 22.1. The van der Waals surface area contributed by atoms with E-state index in [1.807, 2.05) is 59.5 Å². The number of hydrogen-bond acceptors (Lipinski definition) is 4. The van der Waals surface area contributed by atoms with Gasteiger partial charge in [0, 0.05) is 42.6 Å². The molecule has 164 valence electrons. The van der Waals surface area contributed by atoms with Gasteiger partial charge in [0.25, 0.3) is 5.91 Å². The third kappa shape index (κ3) is 4.55. The molecule has 5 rings (SSSR count). The van der Waals surface area contributed by atoms with Crippen molar-refractivity contribution in [1.29, 1.82) is 0 Å². The first-order chi connectivity index (χ1) is 15.6. The molecule has 0 radical (unpaired) electrons. The predicted molar refractivity (Wildman–Crippen MR) is 126 cm³/mol. The lowest BCUT2D eigenvalue weighted by molar-refractivity contribution is -0.130. The second-order valence-electron chi connectivity index (χ2n) is 8.47. The second kappa shape index (κ2) is 8.79. The average Bonchev–Trinajstić information content (AvgIpc) is 3.62. The molecule has 2 aliphatic rings. The topological polar surface area (TPSA) is 65.5 Å². The van der Waals surface area contributed by atoms with Gasteiger partial charge in [0.1, 0.15) is 5.82 Å². The van der Waals surface area contributed by atoms with Crippen LogP contribution in [0, 0.1) is 0 Å². The average molecular weight is 449 g/mol. The number of halogens is 1. The Morgan fingerprint density at radius 1 is 1.00 bits per heavy atom. The molecular weight excluding hydrogens is 424 g/mol. The SMILES string of the molecule is O=C(NC1CC1)c1cc(N2CCN(C(=O)Cc3cccc(Cl)c3)CC2)nc2ccccc12. The Hall–Kier alpha value is -3.12. The van der Waals surface area contributed by atoms with Gasteiger partial charge in [-0.2, -0.15) is 0 Å². The smallest absolute Gasteiger partial charge is 0.252 e. The van der Waals surface area contributed by atoms with Crippen molar-refractivity contribution in [3.63, 3.8) is 0 Å². The number of carbonyl (C=O) groups excluding carboxylic acids is 2. The molecule has 1 aromatic heterocycles. The minimum absolute atomic E-state index is 0.0392. The van der Waals surface area contributed by atoms with Crippen molar-refractivity contribution < 1.29 is 9.59 Å². The van der Waals surface area contributed by atoms with Crippen molar-refractivity contribution >= 4 is 40.1 Å². The number of piperazine rings is 1. The molecule has 2 heterocycles. The lowest BCUT2D eigenvalue weighted by Crippen LogP contribution is -2.49. The maximum atomic E-state index is 12.9. The summed E-state index contributed by atoms with van der Waals surface area (Å²) in [7, 11) is 0. The molecule has 2 fully saturated rings. The third-order valence-electron chi connectivity index (χ3n) is 6.06. The molecule has 32 heavy (non-hydrogen) atoms. The van der Waals surface area contributed by atoms with Crippen LogP contribution >= 0.6 is 11.6 Å². The summed E-state index contributed by atoms with van der Waals surface area (Å²) < 4.78 is 0. The van der Waals surface area contributed by atoms with Crippen molar-refractivity contribution in [1.82, 2.24) is 15.2 Å². The van der Waals surface area contributed by atoms with Crippen molar-refractivity contribution in [2.45, 2.75) is 25.3 Å². The first kappa shape index (κ1) is 20.8. The van der Waals surface area contributed by atoms with E-state index < -0.39 is 0 Å². The molecule has 1 saturated heterocycles. The predicted octanol–water partition coefficient (Wildman–Crippen LogP) is 3.67. The fourth-order valence-corrected chi connectivity index (χ4v) is 4.33. The molecule has 2 amide bonds. The Morgan fingerprint density at radius 3 is 2.53 bits per heavy atom. The molecule has 7 heteroatoms. The summed E-state index contributed by atoms with van der Waals surface area (Å²) in [4.78, 5) is 34.5. The number of amides is 2. The fraction of sp³-hybridized carbons (Fsp3) is 0.320. The monoisotopic (exact) mass is 448 g/mol. The van der Waals surface area contributed by atoms with Crippen molar-refractivity contribution in [3.05, 3.63) is 70.7 Å². The first-order valence-electron chi connectivity index (χ1n) is 11.0. The summed E-state index contributed by atoms with van der Waals surface area (Å²) in [5, 5.41) is 4.60. The third-order valence-corrected chi connectivity index (χ3v) is 6.30. The summed E-state index contributed by atoms with van der Waals surface area (Å²) in [6.45, 7) is 2.60. The quantitative estimate of drug-likeness (QED) is 0.646. The molecule has 1 aliphatic carbocycles. The fourth-order valence-electron chi connectivity index (χ4n) is 4.12. The van der Waals surface area contributed by atoms with E-state index in [-0.39, 0.29) is 11.8 Å². The number of anilines is 1. The lowest BCUT2D eigenvalue weighted by atomic mass is 10.1. The van der Waals surface area contributed by atoms with Crippen LogP contribution in [0.1, 0.15) is 28.8 Å². The molecule has 1 aliphatic heterocycles. The van der Waals surface area contributed by atoms with E-state index in [1.54, 1.807) is 0 Å². The number of benzene rings is 2. The number of hydrogen-bond donors (Lipinski definition) is 1. The maximum absolute atomic E-state index is 12.9. The summed E-state index contributed by atoms with van der Waals surface area (Å²) in [5.74, 6) is 0.845. The highest BCUT2D eigenvalue weighted by atomic mass is 35.5. The Morgan fingerprint density at radius 2 is 1.78 bits per heavy atom. The highest BCUT2D eigenvalue weighted by Gasteiger charge is 2.27. The second-order valence-corrected chi connectivity index (χ2v) is 8.90. The largest absolute Gasteiger partial charge is 0.353 e. The Kier molecular flexibility index (Phi) is 5.70. The maximum Gasteiger partial charge on any atom is 0.252 e. The van der Waals surface area contributed by atoms with E-state index in [2.05, 4.69) is 10.2 Å². The number of para-hydroxylation sites is 1. The van der Waals surface area contributed by atoms with Crippen LogP contribution < -0.4 is 10.2 Å². The van der Waals surface area contributed by atoms with Gasteiger partial charge in [0.15, 0.2) is 0 Å². The van der Waals surface area contributed by atoms with Gasteiger partial charge in [-0.15, -0.1) is 0 Å². The van der Waals surface area contributed by atoms with Gasteiger partial charge < -0.3 is 15.1 Å². The number of pyridine rings is 1. The minimum Gasteiger partial charge on any atom is -0.353 e. The zero-order valence-corrected chi connectivity index (χ0v) is 18.5. The van der Waals surface area contributed by atoms with Crippen LogP contribution in [0.15, 0.2) is 54.6 Å². The van der Waals surface area contributed by atoms with Crippen molar-refractivity contribution in [2.75, 3.05) is 31.1 Å². The van der Waals surface area contributed by atoms with E-state index in [0.717, 1.165) is 35.1 Å². The lowest BCUT2D eigenvalue weighted by Gasteiger charge is -2.35. The van der Waals surface area contributed by atoms with Crippen LogP contribution in [-0.4, -0.2) is 53.9 Å². The molecule has 0 unspecified atom stereocenters. The van der Waals surface area contributed by atoms with Gasteiger partial charge in [0.2, 0.25) is 5.91 Å². The summed E-state index contributed by atoms with van der Waals surface area (Å²) >= 11 is 6.04. The molecule has 0 bridgehead atoms. The minimum atomic E-state index is -0.0392. The van der Waals surface area contributed by atoms with E-state index in [1.165, 1.54) is 0 Å². The number of carbonyl (C=O) groups is 2. The van der Waals surface area contributed by atoms with Gasteiger partial charge in [-0.3, -0.25) is 9.59 Å². The normalized spacial score (nSPS) is 16.3.